The Labute approximate surface area is 285 Å². The van der Waals surface area contributed by atoms with Crippen LogP contribution < -0.4 is 14.8 Å². The molecule has 4 aromatic rings. The van der Waals surface area contributed by atoms with Crippen LogP contribution >= 0.6 is 22.9 Å². The van der Waals surface area contributed by atoms with E-state index in [2.05, 4.69) is 26.1 Å². The van der Waals surface area contributed by atoms with Crippen molar-refractivity contribution < 1.29 is 32.2 Å². The van der Waals surface area contributed by atoms with Crippen molar-refractivity contribution in [1.82, 2.24) is 10.3 Å². The number of hydrogen-bond donors (Lipinski definition) is 1. The Hall–Kier alpha value is -3.93. The molecule has 250 valence electrons. The highest BCUT2D eigenvalue weighted by atomic mass is 35.5. The third-order valence-electron chi connectivity index (χ3n) is 7.00. The number of aryl methyl sites for hydroxylation is 2. The van der Waals surface area contributed by atoms with Crippen LogP contribution in [0.15, 0.2) is 77.7 Å². The Balaban J connectivity index is 1.35. The topological polar surface area (TPSA) is 121 Å². The van der Waals surface area contributed by atoms with Crippen molar-refractivity contribution in [2.45, 2.75) is 70.6 Å². The van der Waals surface area contributed by atoms with E-state index in [1.165, 1.54) is 12.1 Å². The summed E-state index contributed by atoms with van der Waals surface area (Å²) in [5.41, 5.74) is 2.13. The van der Waals surface area contributed by atoms with E-state index in [1.807, 2.05) is 6.92 Å². The number of ether oxygens (including phenoxy) is 3. The van der Waals surface area contributed by atoms with Crippen LogP contribution in [0.25, 0.3) is 0 Å². The summed E-state index contributed by atoms with van der Waals surface area (Å²) < 4.78 is 42.1. The zero-order valence-corrected chi connectivity index (χ0v) is 29.4. The highest BCUT2D eigenvalue weighted by Gasteiger charge is 2.25. The quantitative estimate of drug-likeness (QED) is 0.110. The Bertz CT molecular complexity index is 1780. The molecule has 0 aliphatic carbocycles. The van der Waals surface area contributed by atoms with Crippen LogP contribution in [0.1, 0.15) is 65.6 Å². The SMILES string of the molecule is CCOC(=O)C(NC(=O)c1cccc(OCc2nc(C(C)(C)C)c(C)s2)c1)Oc1ccc(CCCS(=O)(=O)c2ccc(Cl)cc2)cc1. The van der Waals surface area contributed by atoms with E-state index < -0.39 is 27.9 Å². The zero-order valence-electron chi connectivity index (χ0n) is 27.0. The molecule has 0 spiro atoms. The summed E-state index contributed by atoms with van der Waals surface area (Å²) in [5, 5.41) is 3.92. The first-order chi connectivity index (χ1) is 22.2. The first kappa shape index (κ1) is 35.9. The number of nitrogens with one attached hydrogen (secondary N) is 1. The largest absolute Gasteiger partial charge is 0.486 e. The van der Waals surface area contributed by atoms with Gasteiger partial charge in [0.15, 0.2) is 9.84 Å². The van der Waals surface area contributed by atoms with Crippen molar-refractivity contribution in [2.24, 2.45) is 0 Å². The fourth-order valence-corrected chi connectivity index (χ4v) is 7.23. The van der Waals surface area contributed by atoms with Gasteiger partial charge in [0.2, 0.25) is 0 Å². The number of amides is 1. The van der Waals surface area contributed by atoms with Crippen molar-refractivity contribution in [2.75, 3.05) is 12.4 Å². The van der Waals surface area contributed by atoms with Crippen LogP contribution in [0.4, 0.5) is 0 Å². The van der Waals surface area contributed by atoms with Gasteiger partial charge in [0, 0.05) is 20.9 Å². The molecule has 4 rings (SSSR count). The minimum Gasteiger partial charge on any atom is -0.486 e. The third-order valence-corrected chi connectivity index (χ3v) is 10.0. The Kier molecular flexibility index (Phi) is 12.1. The standard InChI is InChI=1S/C35H39ClN2O7S2/c1-6-43-34(40)33(45-27-16-12-24(13-17-27)9-8-20-47(41,42)29-18-14-26(36)15-19-29)38-32(39)25-10-7-11-28(21-25)44-22-30-37-31(23(2)46-30)35(3,4)5/h7,10-19,21,33H,6,8-9,20,22H2,1-5H3,(H,38,39). The number of esters is 1. The Morgan fingerprint density at radius 1 is 1.00 bits per heavy atom. The number of sulfone groups is 1. The van der Waals surface area contributed by atoms with Gasteiger partial charge in [0.25, 0.3) is 12.1 Å². The summed E-state index contributed by atoms with van der Waals surface area (Å²) in [6.07, 6.45) is -0.475. The predicted octanol–water partition coefficient (Wildman–Crippen LogP) is 7.09. The van der Waals surface area contributed by atoms with Gasteiger partial charge in [-0.05, 0) is 86.8 Å². The lowest BCUT2D eigenvalue weighted by atomic mass is 9.92. The molecule has 1 heterocycles. The van der Waals surface area contributed by atoms with Crippen LogP contribution in [0, 0.1) is 6.92 Å². The molecule has 9 nitrogen and oxygen atoms in total. The molecule has 1 aromatic heterocycles. The van der Waals surface area contributed by atoms with E-state index in [-0.39, 0.29) is 34.8 Å². The predicted molar refractivity (Wildman–Crippen MR) is 183 cm³/mol. The number of halogens is 1. The summed E-state index contributed by atoms with van der Waals surface area (Å²) in [6, 6.07) is 19.6. The molecule has 12 heteroatoms. The van der Waals surface area contributed by atoms with E-state index in [1.54, 1.807) is 78.9 Å². The van der Waals surface area contributed by atoms with Gasteiger partial charge in [-0.3, -0.25) is 4.79 Å². The molecule has 0 saturated heterocycles. The Morgan fingerprint density at radius 3 is 2.34 bits per heavy atom. The molecule has 1 unspecified atom stereocenters. The molecule has 0 saturated carbocycles. The van der Waals surface area contributed by atoms with E-state index >= 15 is 0 Å². The van der Waals surface area contributed by atoms with Gasteiger partial charge in [-0.15, -0.1) is 11.3 Å². The van der Waals surface area contributed by atoms with Gasteiger partial charge < -0.3 is 19.5 Å². The lowest BCUT2D eigenvalue weighted by Gasteiger charge is -2.19. The van der Waals surface area contributed by atoms with Crippen LogP contribution in [0.3, 0.4) is 0 Å². The minimum absolute atomic E-state index is 0.0151. The number of carbonyl (C=O) groups is 2. The molecule has 1 N–H and O–H groups in total. The molecular formula is C35H39ClN2O7S2. The number of rotatable bonds is 14. The van der Waals surface area contributed by atoms with Gasteiger partial charge in [-0.1, -0.05) is 50.6 Å². The van der Waals surface area contributed by atoms with Crippen molar-refractivity contribution in [1.29, 1.82) is 0 Å². The number of aromatic nitrogens is 1. The molecule has 1 atom stereocenters. The first-order valence-electron chi connectivity index (χ1n) is 15.2. The van der Waals surface area contributed by atoms with Gasteiger partial charge in [0.05, 0.1) is 22.9 Å². The summed E-state index contributed by atoms with van der Waals surface area (Å²) in [7, 11) is -3.43. The lowest BCUT2D eigenvalue weighted by molar-refractivity contribution is -0.152. The monoisotopic (exact) mass is 698 g/mol. The van der Waals surface area contributed by atoms with Gasteiger partial charge >= 0.3 is 5.97 Å². The lowest BCUT2D eigenvalue weighted by Crippen LogP contribution is -2.46. The second-order valence-corrected chi connectivity index (χ2v) is 15.7. The van der Waals surface area contributed by atoms with Crippen molar-refractivity contribution in [3.05, 3.63) is 105 Å². The molecule has 0 radical (unpaired) electrons. The molecule has 0 aliphatic heterocycles. The maximum atomic E-state index is 13.2. The average Bonchev–Trinajstić information content (AvgIpc) is 3.42. The number of carbonyl (C=O) groups excluding carboxylic acids is 2. The summed E-state index contributed by atoms with van der Waals surface area (Å²) in [6.45, 7) is 10.4. The molecule has 1 amide bonds. The van der Waals surface area contributed by atoms with Crippen LogP contribution in [0.2, 0.25) is 5.02 Å². The van der Waals surface area contributed by atoms with Crippen molar-refractivity contribution in [3.8, 4) is 11.5 Å². The highest BCUT2D eigenvalue weighted by Crippen LogP contribution is 2.29. The third kappa shape index (κ3) is 10.3. The van der Waals surface area contributed by atoms with Crippen LogP contribution in [0.5, 0.6) is 11.5 Å². The maximum absolute atomic E-state index is 13.2. The smallest absolute Gasteiger partial charge is 0.369 e. The molecule has 0 bridgehead atoms. The highest BCUT2D eigenvalue weighted by molar-refractivity contribution is 7.91. The summed E-state index contributed by atoms with van der Waals surface area (Å²) in [4.78, 5) is 32.0. The van der Waals surface area contributed by atoms with Crippen LogP contribution in [-0.2, 0) is 37.8 Å². The van der Waals surface area contributed by atoms with Crippen molar-refractivity contribution >= 4 is 44.7 Å². The molecule has 0 fully saturated rings. The van der Waals surface area contributed by atoms with E-state index in [9.17, 15) is 18.0 Å². The summed E-state index contributed by atoms with van der Waals surface area (Å²) in [5.74, 6) is -0.510. The van der Waals surface area contributed by atoms with Gasteiger partial charge in [0.1, 0.15) is 23.1 Å². The van der Waals surface area contributed by atoms with E-state index in [0.717, 1.165) is 21.1 Å². The number of hydrogen-bond acceptors (Lipinski definition) is 9. The van der Waals surface area contributed by atoms with Gasteiger partial charge in [-0.25, -0.2) is 18.2 Å². The first-order valence-corrected chi connectivity index (χ1v) is 18.0. The fraction of sp³-hybridized carbons (Fsp3) is 0.343. The van der Waals surface area contributed by atoms with E-state index in [4.69, 9.17) is 30.8 Å². The second kappa shape index (κ2) is 15.8. The zero-order chi connectivity index (χ0) is 34.2. The molecule has 0 aliphatic rings. The van der Waals surface area contributed by atoms with E-state index in [0.29, 0.717) is 29.4 Å². The Morgan fingerprint density at radius 2 is 1.70 bits per heavy atom. The molecular weight excluding hydrogens is 660 g/mol. The minimum atomic E-state index is -3.43. The maximum Gasteiger partial charge on any atom is 0.369 e. The second-order valence-electron chi connectivity index (χ2n) is 11.8. The average molecular weight is 699 g/mol. The number of benzene rings is 3. The number of thiazole rings is 1. The summed E-state index contributed by atoms with van der Waals surface area (Å²) >= 11 is 7.45. The fourth-order valence-electron chi connectivity index (χ4n) is 4.73. The molecule has 47 heavy (non-hydrogen) atoms. The van der Waals surface area contributed by atoms with Crippen molar-refractivity contribution in [3.63, 3.8) is 0 Å². The molecule has 3 aromatic carbocycles. The van der Waals surface area contributed by atoms with Gasteiger partial charge in [-0.2, -0.15) is 0 Å². The normalized spacial score (nSPS) is 12.3. The van der Waals surface area contributed by atoms with Crippen LogP contribution in [-0.4, -0.2) is 43.9 Å². The number of nitrogens with zero attached hydrogens (tertiary/aromatic N) is 1.